The summed E-state index contributed by atoms with van der Waals surface area (Å²) in [5.41, 5.74) is 2.48. The summed E-state index contributed by atoms with van der Waals surface area (Å²) >= 11 is 0. The van der Waals surface area contributed by atoms with Gasteiger partial charge < -0.3 is 4.90 Å². The van der Waals surface area contributed by atoms with E-state index in [1.54, 1.807) is 6.92 Å². The quantitative estimate of drug-likeness (QED) is 0.763. The van der Waals surface area contributed by atoms with Crippen LogP contribution in [0.15, 0.2) is 60.7 Å². The monoisotopic (exact) mass is 303 g/mol. The number of benzene rings is 2. The predicted molar refractivity (Wildman–Crippen MR) is 92.8 cm³/mol. The third kappa shape index (κ3) is 3.29. The Balaban J connectivity index is 2.03. The maximum atomic E-state index is 12.5. The van der Waals surface area contributed by atoms with Crippen molar-refractivity contribution in [3.63, 3.8) is 0 Å². The minimum atomic E-state index is -0.0676. The third-order valence-electron chi connectivity index (χ3n) is 4.49. The number of amides is 1. The van der Waals surface area contributed by atoms with Crippen molar-refractivity contribution in [2.45, 2.75) is 31.7 Å². The van der Waals surface area contributed by atoms with Gasteiger partial charge in [-0.25, -0.2) is 0 Å². The number of hydrogen-bond acceptors (Lipinski definition) is 1. The zero-order chi connectivity index (χ0) is 16.1. The van der Waals surface area contributed by atoms with Gasteiger partial charge in [0.15, 0.2) is 0 Å². The summed E-state index contributed by atoms with van der Waals surface area (Å²) in [4.78, 5) is 14.5. The second kappa shape index (κ2) is 7.15. The van der Waals surface area contributed by atoms with E-state index in [1.807, 2.05) is 29.2 Å². The number of rotatable bonds is 2. The van der Waals surface area contributed by atoms with E-state index in [0.717, 1.165) is 19.4 Å². The Hall–Kier alpha value is -2.53. The minimum absolute atomic E-state index is 0.0562. The number of carbonyl (C=O) groups excluding carboxylic acids is 1. The van der Waals surface area contributed by atoms with Crippen LogP contribution in [0.25, 0.3) is 0 Å². The maximum absolute atomic E-state index is 12.5. The fraction of sp³-hybridized carbons (Fsp3) is 0.286. The molecule has 0 radical (unpaired) electrons. The average Bonchev–Trinajstić information content (AvgIpc) is 2.63. The highest BCUT2D eigenvalue weighted by molar-refractivity contribution is 5.93. The lowest BCUT2D eigenvalue weighted by Crippen LogP contribution is -2.41. The second-order valence-corrected chi connectivity index (χ2v) is 5.89. The Morgan fingerprint density at radius 2 is 1.61 bits per heavy atom. The highest BCUT2D eigenvalue weighted by Crippen LogP contribution is 2.42. The first-order valence-electron chi connectivity index (χ1n) is 8.14. The van der Waals surface area contributed by atoms with Crippen LogP contribution in [0, 0.1) is 11.8 Å². The Kier molecular flexibility index (Phi) is 4.78. The Labute approximate surface area is 138 Å². The molecule has 2 heteroatoms. The Morgan fingerprint density at radius 3 is 2.22 bits per heavy atom. The smallest absolute Gasteiger partial charge is 0.298 e. The molecular weight excluding hydrogens is 282 g/mol. The van der Waals surface area contributed by atoms with Gasteiger partial charge in [-0.2, -0.15) is 0 Å². The summed E-state index contributed by atoms with van der Waals surface area (Å²) < 4.78 is 0. The van der Waals surface area contributed by atoms with E-state index in [-0.39, 0.29) is 11.9 Å². The largest absolute Gasteiger partial charge is 0.324 e. The molecule has 0 aliphatic carbocycles. The van der Waals surface area contributed by atoms with Crippen LogP contribution < -0.4 is 0 Å². The van der Waals surface area contributed by atoms with Crippen molar-refractivity contribution in [2.24, 2.45) is 0 Å². The van der Waals surface area contributed by atoms with E-state index in [4.69, 9.17) is 0 Å². The molecule has 1 fully saturated rings. The average molecular weight is 303 g/mol. The molecule has 0 unspecified atom stereocenters. The zero-order valence-corrected chi connectivity index (χ0v) is 13.4. The molecule has 0 aromatic heterocycles. The molecule has 116 valence electrons. The summed E-state index contributed by atoms with van der Waals surface area (Å²) in [6.45, 7) is 2.49. The molecule has 1 amide bonds. The van der Waals surface area contributed by atoms with E-state index in [9.17, 15) is 4.79 Å². The molecular formula is C21H21NO. The van der Waals surface area contributed by atoms with Crippen LogP contribution in [0.1, 0.15) is 42.9 Å². The summed E-state index contributed by atoms with van der Waals surface area (Å²) in [6.07, 6.45) is 2.10. The van der Waals surface area contributed by atoms with E-state index in [2.05, 4.69) is 48.2 Å². The van der Waals surface area contributed by atoms with Crippen molar-refractivity contribution in [3.8, 4) is 11.8 Å². The van der Waals surface area contributed by atoms with E-state index in [1.165, 1.54) is 11.1 Å². The summed E-state index contributed by atoms with van der Waals surface area (Å²) in [5, 5.41) is 0. The van der Waals surface area contributed by atoms with Gasteiger partial charge >= 0.3 is 0 Å². The van der Waals surface area contributed by atoms with Gasteiger partial charge in [-0.05, 0) is 36.8 Å². The first-order chi connectivity index (χ1) is 11.3. The van der Waals surface area contributed by atoms with E-state index >= 15 is 0 Å². The maximum Gasteiger partial charge on any atom is 0.298 e. The van der Waals surface area contributed by atoms with Crippen molar-refractivity contribution in [2.75, 3.05) is 6.54 Å². The van der Waals surface area contributed by atoms with Gasteiger partial charge in [0, 0.05) is 12.5 Å². The normalized spacial score (nSPS) is 20.5. The molecule has 2 atom stereocenters. The van der Waals surface area contributed by atoms with E-state index < -0.39 is 0 Å². The van der Waals surface area contributed by atoms with Gasteiger partial charge in [0.1, 0.15) is 0 Å². The molecule has 23 heavy (non-hydrogen) atoms. The number of piperidine rings is 1. The summed E-state index contributed by atoms with van der Waals surface area (Å²) in [7, 11) is 0. The molecule has 1 saturated heterocycles. The Bertz CT molecular complexity index is 712. The number of likely N-dealkylation sites (tertiary alicyclic amines) is 1. The van der Waals surface area contributed by atoms with Gasteiger partial charge in [-0.3, -0.25) is 4.79 Å². The van der Waals surface area contributed by atoms with Crippen molar-refractivity contribution >= 4 is 5.91 Å². The summed E-state index contributed by atoms with van der Waals surface area (Å²) in [5.74, 6) is 5.72. The lowest BCUT2D eigenvalue weighted by Gasteiger charge is -2.41. The highest BCUT2D eigenvalue weighted by atomic mass is 16.2. The lowest BCUT2D eigenvalue weighted by atomic mass is 9.80. The van der Waals surface area contributed by atoms with Crippen molar-refractivity contribution < 1.29 is 4.79 Å². The van der Waals surface area contributed by atoms with Gasteiger partial charge in [0.05, 0.1) is 6.04 Å². The highest BCUT2D eigenvalue weighted by Gasteiger charge is 2.35. The van der Waals surface area contributed by atoms with Crippen LogP contribution in [-0.4, -0.2) is 17.4 Å². The van der Waals surface area contributed by atoms with Crippen molar-refractivity contribution in [1.82, 2.24) is 4.90 Å². The molecule has 1 aliphatic rings. The first-order valence-corrected chi connectivity index (χ1v) is 8.14. The van der Waals surface area contributed by atoms with Gasteiger partial charge in [0.25, 0.3) is 5.91 Å². The molecule has 0 saturated carbocycles. The zero-order valence-electron chi connectivity index (χ0n) is 13.4. The molecule has 1 aliphatic heterocycles. The molecule has 3 rings (SSSR count). The molecule has 2 nitrogen and oxygen atoms in total. The topological polar surface area (TPSA) is 20.3 Å². The minimum Gasteiger partial charge on any atom is -0.324 e. The molecule has 0 bridgehead atoms. The molecule has 2 aromatic rings. The standard InChI is InChI=1S/C21H21NO/c1-2-10-20(23)22-16-9-15-19(17-11-5-3-6-12-17)21(22)18-13-7-4-8-14-18/h3-8,11-14,19,21H,9,15-16H2,1H3/t19-,21-/m0/s1. The summed E-state index contributed by atoms with van der Waals surface area (Å²) in [6, 6.07) is 20.9. The fourth-order valence-corrected chi connectivity index (χ4v) is 3.51. The SMILES string of the molecule is CC#CC(=O)N1CCC[C@@H](c2ccccc2)[C@@H]1c1ccccc1. The van der Waals surface area contributed by atoms with Gasteiger partial charge in [0.2, 0.25) is 0 Å². The predicted octanol–water partition coefficient (Wildman–Crippen LogP) is 4.16. The number of nitrogens with zero attached hydrogens (tertiary/aromatic N) is 1. The van der Waals surface area contributed by atoms with E-state index in [0.29, 0.717) is 5.92 Å². The number of carbonyl (C=O) groups is 1. The van der Waals surface area contributed by atoms with Gasteiger partial charge in [-0.15, -0.1) is 0 Å². The van der Waals surface area contributed by atoms with Crippen LogP contribution in [-0.2, 0) is 4.79 Å². The van der Waals surface area contributed by atoms with Crippen LogP contribution in [0.4, 0.5) is 0 Å². The second-order valence-electron chi connectivity index (χ2n) is 5.89. The molecule has 2 aromatic carbocycles. The Morgan fingerprint density at radius 1 is 1.00 bits per heavy atom. The number of hydrogen-bond donors (Lipinski definition) is 0. The third-order valence-corrected chi connectivity index (χ3v) is 4.49. The molecule has 0 N–H and O–H groups in total. The lowest BCUT2D eigenvalue weighted by molar-refractivity contribution is -0.129. The molecule has 1 heterocycles. The van der Waals surface area contributed by atoms with Crippen LogP contribution in [0.3, 0.4) is 0 Å². The van der Waals surface area contributed by atoms with Crippen LogP contribution in [0.5, 0.6) is 0 Å². The van der Waals surface area contributed by atoms with Gasteiger partial charge in [-0.1, -0.05) is 66.6 Å². The van der Waals surface area contributed by atoms with Crippen LogP contribution >= 0.6 is 0 Å². The van der Waals surface area contributed by atoms with Crippen molar-refractivity contribution in [3.05, 3.63) is 71.8 Å². The van der Waals surface area contributed by atoms with Crippen LogP contribution in [0.2, 0.25) is 0 Å². The molecule has 0 spiro atoms. The fourth-order valence-electron chi connectivity index (χ4n) is 3.51. The first kappa shape index (κ1) is 15.4. The van der Waals surface area contributed by atoms with Crippen molar-refractivity contribution in [1.29, 1.82) is 0 Å².